The quantitative estimate of drug-likeness (QED) is 0.0260. The Balaban J connectivity index is 0.000000290. The number of alkyl carbamates (subject to hydrolysis) is 4. The van der Waals surface area contributed by atoms with Crippen LogP contribution in [0.5, 0.6) is 0 Å². The van der Waals surface area contributed by atoms with Crippen LogP contribution in [0, 0.1) is 0 Å². The minimum absolute atomic E-state index is 0.00739. The highest BCUT2D eigenvalue weighted by Crippen LogP contribution is 2.17. The number of hydroxylamine groups is 6. The van der Waals surface area contributed by atoms with Gasteiger partial charge in [-0.3, -0.25) is 38.4 Å². The number of carboxylic acid groups (broad SMARTS) is 1. The van der Waals surface area contributed by atoms with Crippen LogP contribution in [-0.4, -0.2) is 123 Å². The van der Waals surface area contributed by atoms with Gasteiger partial charge >= 0.3 is 42.5 Å². The second-order valence-corrected chi connectivity index (χ2v) is 18.4. The van der Waals surface area contributed by atoms with Gasteiger partial charge in [-0.15, -0.1) is 5.06 Å². The molecule has 0 aromatic heterocycles. The predicted octanol–water partition coefficient (Wildman–Crippen LogP) is 6.74. The smallest absolute Gasteiger partial charge is 0.480 e. The van der Waals surface area contributed by atoms with Crippen LogP contribution in [0.3, 0.4) is 0 Å². The molecular weight excluding hydrogens is 1140 g/mol. The van der Waals surface area contributed by atoms with Crippen LogP contribution in [0.25, 0.3) is 0 Å². The molecule has 0 spiro atoms. The Morgan fingerprint density at radius 3 is 0.989 bits per heavy atom. The number of aliphatic carboxylic acids is 1. The summed E-state index contributed by atoms with van der Waals surface area (Å²) in [4.78, 5) is 164. The highest BCUT2D eigenvalue weighted by Gasteiger charge is 2.38. The van der Waals surface area contributed by atoms with Crippen molar-refractivity contribution in [2.24, 2.45) is 0 Å². The van der Waals surface area contributed by atoms with Crippen molar-refractivity contribution in [1.29, 1.82) is 0 Å². The van der Waals surface area contributed by atoms with Gasteiger partial charge < -0.3 is 50.2 Å². The van der Waals surface area contributed by atoms with Crippen molar-refractivity contribution in [2.75, 3.05) is 13.1 Å². The van der Waals surface area contributed by atoms with E-state index in [0.717, 1.165) is 22.3 Å². The summed E-state index contributed by atoms with van der Waals surface area (Å²) in [6.07, 6.45) is -2.32. The maximum absolute atomic E-state index is 12.7. The van der Waals surface area contributed by atoms with Gasteiger partial charge in [-0.2, -0.15) is 4.79 Å². The summed E-state index contributed by atoms with van der Waals surface area (Å²) in [6, 6.07) is 34.4. The van der Waals surface area contributed by atoms with Crippen LogP contribution < -0.4 is 21.3 Å². The first-order chi connectivity index (χ1) is 41.9. The number of nitrogens with zero attached hydrogens (tertiary/aromatic N) is 3. The molecule has 0 unspecified atom stereocenters. The summed E-state index contributed by atoms with van der Waals surface area (Å²) in [7, 11) is 0. The third-order valence-electron chi connectivity index (χ3n) is 11.9. The molecule has 0 saturated carbocycles. The van der Waals surface area contributed by atoms with Gasteiger partial charge in [-0.05, 0) is 60.8 Å². The van der Waals surface area contributed by atoms with Crippen LogP contribution in [0.15, 0.2) is 121 Å². The Bertz CT molecular complexity index is 2850. The number of carboxylic acids is 1. The van der Waals surface area contributed by atoms with E-state index in [9.17, 15) is 67.4 Å². The van der Waals surface area contributed by atoms with E-state index in [1.807, 2.05) is 98.8 Å². The molecule has 0 bridgehead atoms. The molecule has 4 aromatic rings. The van der Waals surface area contributed by atoms with Gasteiger partial charge in [0.05, 0.1) is 0 Å². The normalized spacial score (nSPS) is 13.8. The Hall–Kier alpha value is -10.4. The Kier molecular flexibility index (Phi) is 30.5. The molecule has 0 aliphatic carbocycles. The maximum atomic E-state index is 12.7. The number of amides is 10. The van der Waals surface area contributed by atoms with Crippen LogP contribution in [0.2, 0.25) is 0 Å². The molecule has 28 nitrogen and oxygen atoms in total. The number of unbranched alkanes of at least 4 members (excludes halogenated alkanes) is 2. The Labute approximate surface area is 499 Å². The molecule has 87 heavy (non-hydrogen) atoms. The first kappa shape index (κ1) is 69.1. The molecular formula is C59H69N7O21. The fraction of sp³-hybridized carbons (Fsp3) is 0.373. The highest BCUT2D eigenvalue weighted by molar-refractivity contribution is 6.03. The molecule has 0 radical (unpaired) electrons. The van der Waals surface area contributed by atoms with E-state index < -0.39 is 90.0 Å². The van der Waals surface area contributed by atoms with Crippen LogP contribution >= 0.6 is 0 Å². The molecule has 3 heterocycles. The zero-order valence-corrected chi connectivity index (χ0v) is 47.9. The lowest BCUT2D eigenvalue weighted by Gasteiger charge is -2.20. The minimum atomic E-state index is -1.48. The standard InChI is InChI=1S/C26H29N3O8.C22H26N2O6.C9H8N2O7.C2H6/c30-22-14-15-23(31)29(22)37-24(32)21(28-26(34)36-18-20-11-5-2-6-12-20)13-7-8-16-27-25(33)35-17-19-9-3-1-4-10-19;25-20(26)19(24-22(28)30-16-18-11-5-2-6-12-18)13-7-8-14-23-21(27)29-15-17-9-3-1-4-10-17;12-5-1-2-6(13)10(5)17-9(16)18-11-7(14)3-4-8(11)15;1-2/h1-6,9-12,21H,7-8,13-18H2,(H,27,33)(H,28,34);1-6,9-12,19H,7-8,13-16H2,(H,23,27)(H,24,28)(H,25,26);1-4H2;1-2H3/t21-;19-;;/m00../s1. The van der Waals surface area contributed by atoms with Crippen LogP contribution in [0.4, 0.5) is 24.0 Å². The van der Waals surface area contributed by atoms with Crippen molar-refractivity contribution in [3.8, 4) is 0 Å². The van der Waals surface area contributed by atoms with Gasteiger partial charge in [-0.25, -0.2) is 28.8 Å². The van der Waals surface area contributed by atoms with Gasteiger partial charge in [0.2, 0.25) is 0 Å². The molecule has 466 valence electrons. The Morgan fingerprint density at radius 1 is 0.402 bits per heavy atom. The molecule has 7 rings (SSSR count). The molecule has 3 fully saturated rings. The number of carbonyl (C=O) groups is 13. The molecule has 3 saturated heterocycles. The zero-order valence-electron chi connectivity index (χ0n) is 47.9. The van der Waals surface area contributed by atoms with Crippen molar-refractivity contribution in [3.63, 3.8) is 0 Å². The summed E-state index contributed by atoms with van der Waals surface area (Å²) < 4.78 is 20.4. The number of benzene rings is 4. The SMILES string of the molecule is CC.O=C(NCCCC[C@H](NC(=O)OCc1ccccc1)C(=O)O)OCc1ccccc1.O=C(NCCCC[C@H](NC(=O)OCc1ccccc1)C(=O)ON1C(=O)CCC1=O)OCc1ccccc1.O=C(ON1C(=O)CCC1=O)ON1C(=O)CCC1=O. The number of rotatable bonds is 25. The summed E-state index contributed by atoms with van der Waals surface area (Å²) in [5.41, 5.74) is 3.32. The van der Waals surface area contributed by atoms with Gasteiger partial charge in [0, 0.05) is 51.6 Å². The van der Waals surface area contributed by atoms with Gasteiger partial charge in [0.1, 0.15) is 38.5 Å². The topological polar surface area (TPSA) is 365 Å². The second-order valence-electron chi connectivity index (χ2n) is 18.4. The van der Waals surface area contributed by atoms with Crippen molar-refractivity contribution in [1.82, 2.24) is 36.5 Å². The van der Waals surface area contributed by atoms with Gasteiger partial charge in [-0.1, -0.05) is 145 Å². The zero-order chi connectivity index (χ0) is 63.3. The van der Waals surface area contributed by atoms with Crippen LogP contribution in [0.1, 0.15) is 113 Å². The van der Waals surface area contributed by atoms with E-state index in [0.29, 0.717) is 37.3 Å². The predicted molar refractivity (Wildman–Crippen MR) is 300 cm³/mol. The number of hydrogen-bond donors (Lipinski definition) is 5. The molecule has 4 aromatic carbocycles. The van der Waals surface area contributed by atoms with Gasteiger partial charge in [0.15, 0.2) is 0 Å². The van der Waals surface area contributed by atoms with E-state index in [2.05, 4.69) is 30.9 Å². The first-order valence-corrected chi connectivity index (χ1v) is 27.7. The largest absolute Gasteiger partial charge is 0.560 e. The molecule has 3 aliphatic heterocycles. The molecule has 3 aliphatic rings. The third kappa shape index (κ3) is 26.4. The summed E-state index contributed by atoms with van der Waals surface area (Å²) >= 11 is 0. The summed E-state index contributed by atoms with van der Waals surface area (Å²) in [6.45, 7) is 5.00. The lowest BCUT2D eigenvalue weighted by molar-refractivity contribution is -0.199. The van der Waals surface area contributed by atoms with Crippen molar-refractivity contribution < 1.29 is 101 Å². The Morgan fingerprint density at radius 2 is 0.678 bits per heavy atom. The second kappa shape index (κ2) is 38.4. The molecule has 28 heteroatoms. The van der Waals surface area contributed by atoms with Crippen molar-refractivity contribution >= 4 is 77.9 Å². The molecule has 5 N–H and O–H groups in total. The van der Waals surface area contributed by atoms with Gasteiger partial charge in [0.25, 0.3) is 35.4 Å². The fourth-order valence-corrected chi connectivity index (χ4v) is 7.49. The van der Waals surface area contributed by atoms with E-state index in [4.69, 9.17) is 23.8 Å². The molecule has 10 amide bonds. The van der Waals surface area contributed by atoms with E-state index in [-0.39, 0.29) is 94.5 Å². The van der Waals surface area contributed by atoms with E-state index in [1.165, 1.54) is 0 Å². The summed E-state index contributed by atoms with van der Waals surface area (Å²) in [5, 5.41) is 20.2. The lowest BCUT2D eigenvalue weighted by Crippen LogP contribution is -2.45. The highest BCUT2D eigenvalue weighted by atomic mass is 16.9. The number of ether oxygens (including phenoxy) is 4. The van der Waals surface area contributed by atoms with Crippen molar-refractivity contribution in [2.45, 2.75) is 129 Å². The van der Waals surface area contributed by atoms with E-state index >= 15 is 0 Å². The van der Waals surface area contributed by atoms with Crippen LogP contribution in [-0.2, 0) is 98.2 Å². The number of carbonyl (C=O) groups excluding carboxylic acids is 12. The van der Waals surface area contributed by atoms with Crippen molar-refractivity contribution in [3.05, 3.63) is 144 Å². The first-order valence-electron chi connectivity index (χ1n) is 27.7. The average Bonchev–Trinajstić information content (AvgIpc) is 3.92. The fourth-order valence-electron chi connectivity index (χ4n) is 7.49. The maximum Gasteiger partial charge on any atom is 0.560 e. The minimum Gasteiger partial charge on any atom is -0.480 e. The van der Waals surface area contributed by atoms with E-state index in [1.54, 1.807) is 36.4 Å². The summed E-state index contributed by atoms with van der Waals surface area (Å²) in [5.74, 6) is -6.08. The molecule has 2 atom stereocenters. The third-order valence-corrected chi connectivity index (χ3v) is 11.9. The number of imide groups is 3. The number of hydrogen-bond acceptors (Lipinski definition) is 20. The average molecular weight is 1210 g/mol. The lowest BCUT2D eigenvalue weighted by atomic mass is 10.1. The number of nitrogens with one attached hydrogen (secondary N) is 4. The monoisotopic (exact) mass is 1210 g/mol.